The van der Waals surface area contributed by atoms with Crippen LogP contribution in [0.2, 0.25) is 0 Å². The van der Waals surface area contributed by atoms with Crippen LogP contribution in [0.1, 0.15) is 31.8 Å². The number of nitrogens with zero attached hydrogens (tertiary/aromatic N) is 1. The second kappa shape index (κ2) is 10.0. The number of nitrogens with one attached hydrogen (secondary N) is 1. The Morgan fingerprint density at radius 1 is 1.00 bits per heavy atom. The number of carbonyl (C=O) groups excluding carboxylic acids is 1. The monoisotopic (exact) mass is 422 g/mol. The second-order valence-electron chi connectivity index (χ2n) is 6.41. The van der Waals surface area contributed by atoms with Crippen molar-refractivity contribution in [2.24, 2.45) is 5.10 Å². The maximum atomic E-state index is 12.9. The fourth-order valence-corrected chi connectivity index (χ4v) is 2.62. The number of halogens is 1. The number of hydrogen-bond donors (Lipinski definition) is 2. The van der Waals surface area contributed by atoms with Gasteiger partial charge in [0.05, 0.1) is 18.9 Å². The number of hydrogen-bond acceptors (Lipinski definition) is 5. The Morgan fingerprint density at radius 2 is 1.68 bits per heavy atom. The van der Waals surface area contributed by atoms with Crippen molar-refractivity contribution < 1.29 is 28.6 Å². The molecule has 0 spiro atoms. The van der Waals surface area contributed by atoms with Crippen LogP contribution in [0.15, 0.2) is 71.8 Å². The maximum absolute atomic E-state index is 12.9. The van der Waals surface area contributed by atoms with E-state index < -0.39 is 17.7 Å². The highest BCUT2D eigenvalue weighted by molar-refractivity contribution is 5.94. The van der Waals surface area contributed by atoms with Gasteiger partial charge in [0.2, 0.25) is 0 Å². The van der Waals surface area contributed by atoms with Crippen molar-refractivity contribution in [2.45, 2.75) is 6.61 Å². The summed E-state index contributed by atoms with van der Waals surface area (Å²) in [6.07, 6.45) is 1.44. The molecule has 31 heavy (non-hydrogen) atoms. The van der Waals surface area contributed by atoms with E-state index in [1.54, 1.807) is 30.3 Å². The first-order valence-corrected chi connectivity index (χ1v) is 9.18. The predicted molar refractivity (Wildman–Crippen MR) is 112 cm³/mol. The molecule has 0 unspecified atom stereocenters. The van der Waals surface area contributed by atoms with Gasteiger partial charge in [-0.1, -0.05) is 12.1 Å². The Labute approximate surface area is 177 Å². The molecular formula is C23H19FN2O5. The highest BCUT2D eigenvalue weighted by Gasteiger charge is 2.08. The minimum absolute atomic E-state index is 0.205. The third-order valence-corrected chi connectivity index (χ3v) is 4.27. The SMILES string of the molecule is COc1cc(/C=N\NC(=O)c2ccc(F)cc2)ccc1OCc1ccc(C(=O)O)cc1. The van der Waals surface area contributed by atoms with Crippen LogP contribution in [-0.4, -0.2) is 30.3 Å². The van der Waals surface area contributed by atoms with Crippen LogP contribution in [0.25, 0.3) is 0 Å². The lowest BCUT2D eigenvalue weighted by molar-refractivity contribution is 0.0696. The first-order valence-electron chi connectivity index (χ1n) is 9.18. The van der Waals surface area contributed by atoms with Crippen LogP contribution >= 0.6 is 0 Å². The van der Waals surface area contributed by atoms with E-state index in [-0.39, 0.29) is 17.7 Å². The molecule has 3 rings (SSSR count). The van der Waals surface area contributed by atoms with E-state index in [2.05, 4.69) is 10.5 Å². The molecule has 0 saturated heterocycles. The fraction of sp³-hybridized carbons (Fsp3) is 0.0870. The number of amides is 1. The summed E-state index contributed by atoms with van der Waals surface area (Å²) in [7, 11) is 1.50. The summed E-state index contributed by atoms with van der Waals surface area (Å²) in [6, 6.07) is 16.6. The van der Waals surface area contributed by atoms with E-state index in [1.165, 1.54) is 49.7 Å². The van der Waals surface area contributed by atoms with Crippen molar-refractivity contribution in [2.75, 3.05) is 7.11 Å². The van der Waals surface area contributed by atoms with E-state index in [1.807, 2.05) is 0 Å². The number of methoxy groups -OCH3 is 1. The highest BCUT2D eigenvalue weighted by Crippen LogP contribution is 2.28. The molecule has 3 aromatic carbocycles. The number of benzene rings is 3. The van der Waals surface area contributed by atoms with Crippen molar-refractivity contribution >= 4 is 18.1 Å². The van der Waals surface area contributed by atoms with Gasteiger partial charge in [0, 0.05) is 5.56 Å². The third kappa shape index (κ3) is 5.89. The number of carboxylic acids is 1. The summed E-state index contributed by atoms with van der Waals surface area (Å²) in [5, 5.41) is 12.8. The third-order valence-electron chi connectivity index (χ3n) is 4.27. The molecule has 0 atom stereocenters. The standard InChI is InChI=1S/C23H19FN2O5/c1-30-21-12-16(13-25-26-22(27)17-7-9-19(24)10-8-17)4-11-20(21)31-14-15-2-5-18(6-3-15)23(28)29/h2-13H,14H2,1H3,(H,26,27)(H,28,29)/b25-13-. The van der Waals surface area contributed by atoms with Gasteiger partial charge in [0.15, 0.2) is 11.5 Å². The Kier molecular flexibility index (Phi) is 6.95. The average molecular weight is 422 g/mol. The molecule has 0 aliphatic heterocycles. The second-order valence-corrected chi connectivity index (χ2v) is 6.41. The van der Waals surface area contributed by atoms with E-state index in [4.69, 9.17) is 14.6 Å². The van der Waals surface area contributed by atoms with Crippen LogP contribution in [0.3, 0.4) is 0 Å². The Hall–Kier alpha value is -4.20. The van der Waals surface area contributed by atoms with Crippen molar-refractivity contribution in [3.05, 3.63) is 94.8 Å². The summed E-state index contributed by atoms with van der Waals surface area (Å²) >= 11 is 0. The molecule has 0 aromatic heterocycles. The van der Waals surface area contributed by atoms with Crippen molar-refractivity contribution in [1.82, 2.24) is 5.43 Å². The van der Waals surface area contributed by atoms with Crippen LogP contribution in [0, 0.1) is 5.82 Å². The highest BCUT2D eigenvalue weighted by atomic mass is 19.1. The largest absolute Gasteiger partial charge is 0.493 e. The number of carbonyl (C=O) groups is 2. The molecule has 0 fully saturated rings. The van der Waals surface area contributed by atoms with E-state index in [0.717, 1.165) is 5.56 Å². The first kappa shape index (κ1) is 21.5. The minimum Gasteiger partial charge on any atom is -0.493 e. The zero-order chi connectivity index (χ0) is 22.2. The number of ether oxygens (including phenoxy) is 2. The summed E-state index contributed by atoms with van der Waals surface area (Å²) in [5.74, 6) is -0.905. The van der Waals surface area contributed by atoms with E-state index in [9.17, 15) is 14.0 Å². The lowest BCUT2D eigenvalue weighted by Gasteiger charge is -2.11. The van der Waals surface area contributed by atoms with Gasteiger partial charge in [-0.05, 0) is 65.7 Å². The van der Waals surface area contributed by atoms with Gasteiger partial charge in [-0.3, -0.25) is 4.79 Å². The molecule has 0 saturated carbocycles. The maximum Gasteiger partial charge on any atom is 0.335 e. The Morgan fingerprint density at radius 3 is 2.32 bits per heavy atom. The molecule has 2 N–H and O–H groups in total. The molecule has 0 bridgehead atoms. The molecule has 1 amide bonds. The fourth-order valence-electron chi connectivity index (χ4n) is 2.62. The first-order chi connectivity index (χ1) is 15.0. The van der Waals surface area contributed by atoms with Gasteiger partial charge < -0.3 is 14.6 Å². The van der Waals surface area contributed by atoms with Gasteiger partial charge in [0.25, 0.3) is 5.91 Å². The van der Waals surface area contributed by atoms with Crippen molar-refractivity contribution in [3.8, 4) is 11.5 Å². The van der Waals surface area contributed by atoms with Crippen LogP contribution in [0.5, 0.6) is 11.5 Å². The van der Waals surface area contributed by atoms with Crippen LogP contribution in [-0.2, 0) is 6.61 Å². The number of hydrazone groups is 1. The van der Waals surface area contributed by atoms with E-state index >= 15 is 0 Å². The topological polar surface area (TPSA) is 97.2 Å². The van der Waals surface area contributed by atoms with Crippen molar-refractivity contribution in [3.63, 3.8) is 0 Å². The van der Waals surface area contributed by atoms with Gasteiger partial charge in [-0.2, -0.15) is 5.10 Å². The molecule has 0 aliphatic rings. The Bertz CT molecular complexity index is 1100. The summed E-state index contributed by atoms with van der Waals surface area (Å²) in [4.78, 5) is 22.9. The zero-order valence-electron chi connectivity index (χ0n) is 16.5. The molecule has 0 radical (unpaired) electrons. The average Bonchev–Trinajstić information content (AvgIpc) is 2.78. The van der Waals surface area contributed by atoms with Crippen LogP contribution < -0.4 is 14.9 Å². The van der Waals surface area contributed by atoms with Crippen molar-refractivity contribution in [1.29, 1.82) is 0 Å². The quantitative estimate of drug-likeness (QED) is 0.424. The van der Waals surface area contributed by atoms with Gasteiger partial charge in [0.1, 0.15) is 12.4 Å². The zero-order valence-corrected chi connectivity index (χ0v) is 16.5. The number of rotatable bonds is 8. The molecule has 158 valence electrons. The van der Waals surface area contributed by atoms with Gasteiger partial charge in [-0.15, -0.1) is 0 Å². The molecule has 3 aromatic rings. The van der Waals surface area contributed by atoms with E-state index in [0.29, 0.717) is 17.1 Å². The number of carboxylic acid groups (broad SMARTS) is 1. The molecule has 8 heteroatoms. The Balaban J connectivity index is 1.61. The smallest absolute Gasteiger partial charge is 0.335 e. The molecule has 0 heterocycles. The summed E-state index contributed by atoms with van der Waals surface area (Å²) < 4.78 is 24.0. The summed E-state index contributed by atoms with van der Waals surface area (Å²) in [5.41, 5.74) is 4.33. The lowest BCUT2D eigenvalue weighted by atomic mass is 10.1. The molecule has 0 aliphatic carbocycles. The van der Waals surface area contributed by atoms with Gasteiger partial charge >= 0.3 is 5.97 Å². The lowest BCUT2D eigenvalue weighted by Crippen LogP contribution is -2.17. The number of aromatic carboxylic acids is 1. The minimum atomic E-state index is -0.986. The normalized spacial score (nSPS) is 10.6. The molecule has 7 nitrogen and oxygen atoms in total. The van der Waals surface area contributed by atoms with Crippen LogP contribution in [0.4, 0.5) is 4.39 Å². The molecular weight excluding hydrogens is 403 g/mol. The predicted octanol–water partition coefficient (Wildman–Crippen LogP) is 3.88. The summed E-state index contributed by atoms with van der Waals surface area (Å²) in [6.45, 7) is 0.234. The van der Waals surface area contributed by atoms with Gasteiger partial charge in [-0.25, -0.2) is 14.6 Å².